The molecule has 4 heteroatoms. The molecule has 0 bridgehead atoms. The van der Waals surface area contributed by atoms with Crippen molar-refractivity contribution in [3.8, 4) is 0 Å². The number of benzene rings is 1. The standard InChI is InChI=1S/C20H30N2O2/c1-21-12-6-4-5-9-19(23)17-15-16(10-11-18(17)21)20(24)22-13-7-2-3-8-14-22/h10-11,15,19,23H,2-9,12-14H2,1H3/t19-/m0/s1. The maximum absolute atomic E-state index is 12.9. The third kappa shape index (κ3) is 3.92. The van der Waals surface area contributed by atoms with Gasteiger partial charge < -0.3 is 14.9 Å². The predicted molar refractivity (Wildman–Crippen MR) is 97.5 cm³/mol. The van der Waals surface area contributed by atoms with Gasteiger partial charge >= 0.3 is 0 Å². The van der Waals surface area contributed by atoms with E-state index in [4.69, 9.17) is 0 Å². The largest absolute Gasteiger partial charge is 0.388 e. The summed E-state index contributed by atoms with van der Waals surface area (Å²) in [5.74, 6) is 0.120. The topological polar surface area (TPSA) is 43.8 Å². The first-order chi connectivity index (χ1) is 11.7. The molecule has 24 heavy (non-hydrogen) atoms. The second-order valence-electron chi connectivity index (χ2n) is 7.27. The van der Waals surface area contributed by atoms with Crippen LogP contribution in [0.4, 0.5) is 5.69 Å². The number of fused-ring (bicyclic) bond motifs is 1. The molecule has 0 saturated carbocycles. The Morgan fingerprint density at radius 1 is 1.00 bits per heavy atom. The van der Waals surface area contributed by atoms with Crippen LogP contribution in [0, 0.1) is 0 Å². The highest BCUT2D eigenvalue weighted by molar-refractivity contribution is 5.95. The number of hydrogen-bond acceptors (Lipinski definition) is 3. The number of rotatable bonds is 1. The molecule has 1 aromatic rings. The van der Waals surface area contributed by atoms with Gasteiger partial charge in [-0.2, -0.15) is 0 Å². The smallest absolute Gasteiger partial charge is 0.253 e. The van der Waals surface area contributed by atoms with Crippen LogP contribution in [0.1, 0.15) is 73.4 Å². The Bertz CT molecular complexity index is 565. The molecule has 1 N–H and O–H groups in total. The average molecular weight is 330 g/mol. The summed E-state index contributed by atoms with van der Waals surface area (Å²) < 4.78 is 0. The van der Waals surface area contributed by atoms with Crippen molar-refractivity contribution in [2.24, 2.45) is 0 Å². The van der Waals surface area contributed by atoms with Gasteiger partial charge in [0.25, 0.3) is 5.91 Å². The van der Waals surface area contributed by atoms with E-state index in [9.17, 15) is 9.90 Å². The predicted octanol–water partition coefficient (Wildman–Crippen LogP) is 3.75. The van der Waals surface area contributed by atoms with Gasteiger partial charge in [0.1, 0.15) is 0 Å². The molecule has 0 aliphatic carbocycles. The summed E-state index contributed by atoms with van der Waals surface area (Å²) >= 11 is 0. The number of amides is 1. The Labute approximate surface area is 145 Å². The Kier molecular flexibility index (Phi) is 5.77. The first-order valence-electron chi connectivity index (χ1n) is 9.49. The van der Waals surface area contributed by atoms with E-state index in [1.165, 1.54) is 12.8 Å². The fourth-order valence-corrected chi connectivity index (χ4v) is 3.90. The molecule has 1 atom stereocenters. The zero-order valence-corrected chi connectivity index (χ0v) is 14.8. The molecular weight excluding hydrogens is 300 g/mol. The summed E-state index contributed by atoms with van der Waals surface area (Å²) in [4.78, 5) is 17.1. The highest BCUT2D eigenvalue weighted by Gasteiger charge is 2.22. The van der Waals surface area contributed by atoms with Crippen molar-refractivity contribution >= 4 is 11.6 Å². The maximum atomic E-state index is 12.9. The first kappa shape index (κ1) is 17.3. The molecule has 2 aliphatic rings. The van der Waals surface area contributed by atoms with Crippen LogP contribution < -0.4 is 4.90 Å². The van der Waals surface area contributed by atoms with E-state index in [2.05, 4.69) is 11.9 Å². The fraction of sp³-hybridized carbons (Fsp3) is 0.650. The van der Waals surface area contributed by atoms with Crippen LogP contribution in [0.25, 0.3) is 0 Å². The SMILES string of the molecule is CN1CCCCC[C@H](O)c2cc(C(=O)N3CCCCCC3)ccc21. The molecule has 0 radical (unpaired) electrons. The zero-order chi connectivity index (χ0) is 16.9. The van der Waals surface area contributed by atoms with E-state index < -0.39 is 6.10 Å². The van der Waals surface area contributed by atoms with Crippen molar-refractivity contribution in [2.45, 2.75) is 57.5 Å². The quantitative estimate of drug-likeness (QED) is 0.853. The Hall–Kier alpha value is -1.55. The highest BCUT2D eigenvalue weighted by Crippen LogP contribution is 2.32. The van der Waals surface area contributed by atoms with Gasteiger partial charge in [-0.3, -0.25) is 4.79 Å². The molecular formula is C20H30N2O2. The van der Waals surface area contributed by atoms with E-state index in [1.54, 1.807) is 0 Å². The van der Waals surface area contributed by atoms with Crippen LogP contribution in [-0.2, 0) is 0 Å². The number of nitrogens with zero attached hydrogens (tertiary/aromatic N) is 2. The summed E-state index contributed by atoms with van der Waals surface area (Å²) in [7, 11) is 2.08. The first-order valence-corrected chi connectivity index (χ1v) is 9.49. The summed E-state index contributed by atoms with van der Waals surface area (Å²) in [5.41, 5.74) is 2.71. The summed E-state index contributed by atoms with van der Waals surface area (Å²) in [6.07, 6.45) is 8.28. The molecule has 1 aromatic carbocycles. The summed E-state index contributed by atoms with van der Waals surface area (Å²) in [6.45, 7) is 2.72. The van der Waals surface area contributed by atoms with E-state index >= 15 is 0 Å². The molecule has 4 nitrogen and oxygen atoms in total. The molecule has 2 aliphatic heterocycles. The van der Waals surface area contributed by atoms with Gasteiger partial charge in [0.15, 0.2) is 0 Å². The van der Waals surface area contributed by atoms with Crippen LogP contribution in [0.2, 0.25) is 0 Å². The summed E-state index contributed by atoms with van der Waals surface area (Å²) in [6, 6.07) is 5.90. The van der Waals surface area contributed by atoms with E-state index in [1.807, 2.05) is 23.1 Å². The molecule has 3 rings (SSSR count). The lowest BCUT2D eigenvalue weighted by atomic mass is 9.99. The number of carbonyl (C=O) groups excluding carboxylic acids is 1. The van der Waals surface area contributed by atoms with Crippen molar-refractivity contribution in [3.05, 3.63) is 29.3 Å². The highest BCUT2D eigenvalue weighted by atomic mass is 16.3. The van der Waals surface area contributed by atoms with Gasteiger partial charge in [0.2, 0.25) is 0 Å². The normalized spacial score (nSPS) is 22.8. The van der Waals surface area contributed by atoms with Crippen molar-refractivity contribution in [3.63, 3.8) is 0 Å². The summed E-state index contributed by atoms with van der Waals surface area (Å²) in [5, 5.41) is 10.6. The molecule has 0 unspecified atom stereocenters. The Morgan fingerprint density at radius 2 is 1.67 bits per heavy atom. The van der Waals surface area contributed by atoms with Gasteiger partial charge in [0.05, 0.1) is 6.10 Å². The van der Waals surface area contributed by atoms with E-state index in [0.29, 0.717) is 0 Å². The monoisotopic (exact) mass is 330 g/mol. The van der Waals surface area contributed by atoms with Crippen LogP contribution in [-0.4, -0.2) is 42.6 Å². The second kappa shape index (κ2) is 8.02. The van der Waals surface area contributed by atoms with Crippen molar-refractivity contribution in [1.82, 2.24) is 4.90 Å². The molecule has 0 aromatic heterocycles. The van der Waals surface area contributed by atoms with E-state index in [-0.39, 0.29) is 5.91 Å². The van der Waals surface area contributed by atoms with Crippen LogP contribution in [0.15, 0.2) is 18.2 Å². The van der Waals surface area contributed by atoms with Gasteiger partial charge in [-0.25, -0.2) is 0 Å². The van der Waals surface area contributed by atoms with Crippen molar-refractivity contribution < 1.29 is 9.90 Å². The van der Waals surface area contributed by atoms with Gasteiger partial charge in [-0.1, -0.05) is 25.7 Å². The minimum atomic E-state index is -0.475. The Morgan fingerprint density at radius 3 is 2.42 bits per heavy atom. The number of anilines is 1. The van der Waals surface area contributed by atoms with Crippen molar-refractivity contribution in [1.29, 1.82) is 0 Å². The van der Waals surface area contributed by atoms with Crippen LogP contribution in [0.3, 0.4) is 0 Å². The average Bonchev–Trinajstić information content (AvgIpc) is 2.86. The molecule has 1 amide bonds. The third-order valence-electron chi connectivity index (χ3n) is 5.41. The fourth-order valence-electron chi connectivity index (χ4n) is 3.90. The van der Waals surface area contributed by atoms with Gasteiger partial charge in [0, 0.05) is 43.5 Å². The Balaban J connectivity index is 1.87. The number of carbonyl (C=O) groups is 1. The van der Waals surface area contributed by atoms with Gasteiger partial charge in [-0.05, 0) is 43.9 Å². The molecule has 1 fully saturated rings. The van der Waals surface area contributed by atoms with Crippen LogP contribution in [0.5, 0.6) is 0 Å². The maximum Gasteiger partial charge on any atom is 0.253 e. The second-order valence-corrected chi connectivity index (χ2v) is 7.27. The number of aliphatic hydroxyl groups excluding tert-OH is 1. The van der Waals surface area contributed by atoms with Crippen LogP contribution >= 0.6 is 0 Å². The number of hydrogen-bond donors (Lipinski definition) is 1. The van der Waals surface area contributed by atoms with E-state index in [0.717, 1.165) is 75.0 Å². The lowest BCUT2D eigenvalue weighted by molar-refractivity contribution is 0.0761. The van der Waals surface area contributed by atoms with Crippen molar-refractivity contribution in [2.75, 3.05) is 31.6 Å². The lowest BCUT2D eigenvalue weighted by Crippen LogP contribution is -2.32. The molecule has 2 heterocycles. The number of aliphatic hydroxyl groups is 1. The minimum Gasteiger partial charge on any atom is -0.388 e. The number of likely N-dealkylation sites (tertiary alicyclic amines) is 1. The lowest BCUT2D eigenvalue weighted by Gasteiger charge is -2.25. The molecule has 132 valence electrons. The minimum absolute atomic E-state index is 0.120. The molecule has 0 spiro atoms. The zero-order valence-electron chi connectivity index (χ0n) is 14.8. The third-order valence-corrected chi connectivity index (χ3v) is 5.41. The van der Waals surface area contributed by atoms with Gasteiger partial charge in [-0.15, -0.1) is 0 Å². The molecule has 1 saturated heterocycles.